The summed E-state index contributed by atoms with van der Waals surface area (Å²) in [7, 11) is -9.92. The molecule has 98 heavy (non-hydrogen) atoms. The molecule has 3 N–H and O–H groups in total. The third-order valence-electron chi connectivity index (χ3n) is 19.0. The lowest BCUT2D eigenvalue weighted by atomic mass is 9.99. The van der Waals surface area contributed by atoms with Crippen LogP contribution in [0.15, 0.2) is 0 Å². The Bertz CT molecular complexity index is 1920. The van der Waals surface area contributed by atoms with Gasteiger partial charge in [0.25, 0.3) is 0 Å². The number of ether oxygens (including phenoxy) is 4. The smallest absolute Gasteiger partial charge is 0.462 e. The Hall–Kier alpha value is -1.94. The Morgan fingerprint density at radius 2 is 0.490 bits per heavy atom. The lowest BCUT2D eigenvalue weighted by molar-refractivity contribution is -0.161. The second kappa shape index (κ2) is 68.2. The normalized spacial score (nSPS) is 14.6. The number of unbranched alkanes of at least 4 members (excludes halogenated alkanes) is 40. The van der Waals surface area contributed by atoms with E-state index in [1.807, 2.05) is 0 Å². The first-order valence-corrected chi connectivity index (χ1v) is 43.8. The van der Waals surface area contributed by atoms with Crippen LogP contribution < -0.4 is 0 Å². The van der Waals surface area contributed by atoms with Gasteiger partial charge in [0.1, 0.15) is 19.3 Å². The second-order valence-corrected chi connectivity index (χ2v) is 32.8. The maximum absolute atomic E-state index is 13.1. The van der Waals surface area contributed by atoms with Crippen LogP contribution in [0.5, 0.6) is 0 Å². The van der Waals surface area contributed by atoms with Gasteiger partial charge in [-0.15, -0.1) is 0 Å². The Morgan fingerprint density at radius 3 is 0.724 bits per heavy atom. The van der Waals surface area contributed by atoms with E-state index < -0.39 is 97.5 Å². The maximum Gasteiger partial charge on any atom is 0.472 e. The van der Waals surface area contributed by atoms with Gasteiger partial charge in [-0.1, -0.05) is 351 Å². The lowest BCUT2D eigenvalue weighted by Gasteiger charge is -2.21. The largest absolute Gasteiger partial charge is 0.472 e. The highest BCUT2D eigenvalue weighted by Gasteiger charge is 2.30. The minimum Gasteiger partial charge on any atom is -0.462 e. The zero-order valence-electron chi connectivity index (χ0n) is 64.4. The molecule has 0 saturated heterocycles. The second-order valence-electron chi connectivity index (χ2n) is 29.9. The zero-order chi connectivity index (χ0) is 72.4. The molecule has 4 unspecified atom stereocenters. The molecule has 17 nitrogen and oxygen atoms in total. The monoisotopic (exact) mass is 1440 g/mol. The maximum atomic E-state index is 13.1. The van der Waals surface area contributed by atoms with Gasteiger partial charge in [-0.05, 0) is 49.4 Å². The number of carbonyl (C=O) groups is 4. The predicted octanol–water partition coefficient (Wildman–Crippen LogP) is 23.2. The summed E-state index contributed by atoms with van der Waals surface area (Å²) in [5, 5.41) is 10.6. The van der Waals surface area contributed by atoms with Gasteiger partial charge in [0, 0.05) is 25.7 Å². The van der Waals surface area contributed by atoms with Crippen LogP contribution in [0.4, 0.5) is 0 Å². The van der Waals surface area contributed by atoms with Crippen molar-refractivity contribution in [3.8, 4) is 0 Å². The fraction of sp³-hybridized carbons (Fsp3) is 0.949. The van der Waals surface area contributed by atoms with Crippen LogP contribution in [0.3, 0.4) is 0 Å². The molecular weight excluding hydrogens is 1280 g/mol. The van der Waals surface area contributed by atoms with E-state index in [0.29, 0.717) is 25.7 Å². The third-order valence-corrected chi connectivity index (χ3v) is 20.9. The number of hydrogen-bond donors (Lipinski definition) is 3. The number of phosphoric ester groups is 2. The number of hydrogen-bond acceptors (Lipinski definition) is 15. The van der Waals surface area contributed by atoms with Gasteiger partial charge in [-0.3, -0.25) is 37.3 Å². The van der Waals surface area contributed by atoms with Crippen molar-refractivity contribution in [3.63, 3.8) is 0 Å². The molecule has 0 aliphatic rings. The Morgan fingerprint density at radius 1 is 0.286 bits per heavy atom. The first-order chi connectivity index (χ1) is 47.2. The summed E-state index contributed by atoms with van der Waals surface area (Å²) in [4.78, 5) is 73.0. The Balaban J connectivity index is 5.25. The molecule has 0 aromatic carbocycles. The molecule has 582 valence electrons. The lowest BCUT2D eigenvalue weighted by Crippen LogP contribution is -2.30. The van der Waals surface area contributed by atoms with E-state index >= 15 is 0 Å². The highest BCUT2D eigenvalue weighted by Crippen LogP contribution is 2.45. The van der Waals surface area contributed by atoms with E-state index in [-0.39, 0.29) is 25.7 Å². The number of esters is 4. The molecule has 0 saturated carbocycles. The van der Waals surface area contributed by atoms with Crippen molar-refractivity contribution >= 4 is 39.5 Å². The quantitative estimate of drug-likeness (QED) is 0.0222. The SMILES string of the molecule is CCC(C)CCCCCCCCCCCCCCCCC(=O)O[C@H](COC(=O)CCCCCCCCC(C)CC)COP(=O)(O)OC[C@H](O)COP(=O)(O)OC[C@@H](COC(=O)CCCCCCCCCCCCCC(C)C)OC(=O)CCCCCCCCCCCCCCCC(C)C. The molecule has 0 aromatic rings. The molecule has 0 fully saturated rings. The number of aliphatic hydroxyl groups is 1. The summed E-state index contributed by atoms with van der Waals surface area (Å²) in [5.41, 5.74) is 0. The van der Waals surface area contributed by atoms with E-state index in [4.69, 9.17) is 37.0 Å². The zero-order valence-corrected chi connectivity index (χ0v) is 66.2. The van der Waals surface area contributed by atoms with E-state index in [1.165, 1.54) is 199 Å². The van der Waals surface area contributed by atoms with Crippen molar-refractivity contribution < 1.29 is 80.2 Å². The summed E-state index contributed by atoms with van der Waals surface area (Å²) in [6.07, 6.45) is 54.0. The van der Waals surface area contributed by atoms with Crippen LogP contribution in [0.1, 0.15) is 402 Å². The minimum atomic E-state index is -4.96. The average molecular weight is 1440 g/mol. The van der Waals surface area contributed by atoms with Crippen molar-refractivity contribution in [1.29, 1.82) is 0 Å². The van der Waals surface area contributed by atoms with Crippen LogP contribution in [-0.2, 0) is 65.4 Å². The highest BCUT2D eigenvalue weighted by atomic mass is 31.2. The van der Waals surface area contributed by atoms with E-state index in [9.17, 15) is 43.2 Å². The van der Waals surface area contributed by atoms with E-state index in [0.717, 1.165) is 120 Å². The number of phosphoric acid groups is 2. The third kappa shape index (κ3) is 69.8. The minimum absolute atomic E-state index is 0.106. The molecule has 0 aromatic heterocycles. The van der Waals surface area contributed by atoms with Gasteiger partial charge in [-0.2, -0.15) is 0 Å². The summed E-state index contributed by atoms with van der Waals surface area (Å²) >= 11 is 0. The van der Waals surface area contributed by atoms with Crippen LogP contribution in [0, 0.1) is 23.7 Å². The number of rotatable bonds is 76. The topological polar surface area (TPSA) is 237 Å². The Kier molecular flexibility index (Phi) is 66.8. The predicted molar refractivity (Wildman–Crippen MR) is 400 cm³/mol. The molecular formula is C79H154O17P2. The van der Waals surface area contributed by atoms with E-state index in [2.05, 4.69) is 55.4 Å². The van der Waals surface area contributed by atoms with Crippen LogP contribution >= 0.6 is 15.6 Å². The van der Waals surface area contributed by atoms with Gasteiger partial charge in [0.15, 0.2) is 12.2 Å². The molecule has 0 aliphatic carbocycles. The standard InChI is InChI=1S/C79H154O17P2/c1-9-71(7)57-49-41-33-27-21-15-11-12-16-22-29-35-45-53-61-79(84)96-75(66-90-77(82)60-52-44-38-37-42-50-58-72(8)10-2)68-94-98(87,88)92-64-73(80)63-91-97(85,86)93-67-74(65-89-76(81)59-51-43-34-28-24-18-20-26-32-40-48-56-70(5)6)95-78(83)62-54-46-36-30-23-17-13-14-19-25-31-39-47-55-69(3)4/h69-75,80H,9-68H2,1-8H3,(H,85,86)(H,87,88)/t71?,72?,73-,74-,75-/m1/s1. The van der Waals surface area contributed by atoms with Crippen LogP contribution in [0.2, 0.25) is 0 Å². The van der Waals surface area contributed by atoms with Crippen molar-refractivity contribution in [2.24, 2.45) is 23.7 Å². The summed E-state index contributed by atoms with van der Waals surface area (Å²) in [6.45, 7) is 14.3. The van der Waals surface area contributed by atoms with Gasteiger partial charge < -0.3 is 33.8 Å². The van der Waals surface area contributed by atoms with Crippen molar-refractivity contribution in [1.82, 2.24) is 0 Å². The Labute approximate surface area is 600 Å². The molecule has 0 aliphatic heterocycles. The molecule has 19 heteroatoms. The molecule has 7 atom stereocenters. The molecule has 0 bridgehead atoms. The van der Waals surface area contributed by atoms with Crippen molar-refractivity contribution in [3.05, 3.63) is 0 Å². The molecule has 0 spiro atoms. The van der Waals surface area contributed by atoms with Crippen molar-refractivity contribution in [2.45, 2.75) is 420 Å². The summed E-state index contributed by atoms with van der Waals surface area (Å²) in [5.74, 6) is 1.02. The average Bonchev–Trinajstić information content (AvgIpc) is 0.934. The van der Waals surface area contributed by atoms with E-state index in [1.54, 1.807) is 0 Å². The summed E-state index contributed by atoms with van der Waals surface area (Å²) < 4.78 is 68.7. The molecule has 0 radical (unpaired) electrons. The van der Waals surface area contributed by atoms with Crippen LogP contribution in [0.25, 0.3) is 0 Å². The van der Waals surface area contributed by atoms with Crippen LogP contribution in [-0.4, -0.2) is 96.7 Å². The van der Waals surface area contributed by atoms with Gasteiger partial charge in [-0.25, -0.2) is 9.13 Å². The summed E-state index contributed by atoms with van der Waals surface area (Å²) in [6, 6.07) is 0. The fourth-order valence-electron chi connectivity index (χ4n) is 12.0. The van der Waals surface area contributed by atoms with Gasteiger partial charge >= 0.3 is 39.5 Å². The highest BCUT2D eigenvalue weighted by molar-refractivity contribution is 7.47. The first-order valence-electron chi connectivity index (χ1n) is 40.8. The molecule has 0 rings (SSSR count). The molecule has 0 amide bonds. The first kappa shape index (κ1) is 96.1. The molecule has 0 heterocycles. The van der Waals surface area contributed by atoms with Crippen molar-refractivity contribution in [2.75, 3.05) is 39.6 Å². The number of carbonyl (C=O) groups excluding carboxylic acids is 4. The fourth-order valence-corrected chi connectivity index (χ4v) is 13.6. The van der Waals surface area contributed by atoms with Gasteiger partial charge in [0.05, 0.1) is 26.4 Å². The van der Waals surface area contributed by atoms with Gasteiger partial charge in [0.2, 0.25) is 0 Å². The number of aliphatic hydroxyl groups excluding tert-OH is 1.